The van der Waals surface area contributed by atoms with Gasteiger partial charge >= 0.3 is 0 Å². The predicted octanol–water partition coefficient (Wildman–Crippen LogP) is 1.61. The number of hydrogen-bond acceptors (Lipinski definition) is 7. The summed E-state index contributed by atoms with van der Waals surface area (Å²) in [6, 6.07) is 6.26. The zero-order chi connectivity index (χ0) is 15.7. The minimum absolute atomic E-state index is 0. The molecule has 1 saturated heterocycles. The summed E-state index contributed by atoms with van der Waals surface area (Å²) in [5.74, 6) is 0.893. The van der Waals surface area contributed by atoms with Crippen LogP contribution in [0.1, 0.15) is 18.9 Å². The summed E-state index contributed by atoms with van der Waals surface area (Å²) in [7, 11) is -3.21. The summed E-state index contributed by atoms with van der Waals surface area (Å²) in [4.78, 5) is 4.64. The Morgan fingerprint density at radius 1 is 1.26 bits per heavy atom. The third-order valence-corrected chi connectivity index (χ3v) is 4.69. The lowest BCUT2D eigenvalue weighted by atomic mass is 10.1. The summed E-state index contributed by atoms with van der Waals surface area (Å²) in [5.41, 5.74) is 0.701. The van der Waals surface area contributed by atoms with Gasteiger partial charge in [0.05, 0.1) is 17.6 Å². The van der Waals surface area contributed by atoms with Crippen LogP contribution in [0, 0.1) is 0 Å². The monoisotopic (exact) mass is 359 g/mol. The van der Waals surface area contributed by atoms with Crippen molar-refractivity contribution >= 4 is 22.2 Å². The number of ether oxygens (including phenoxy) is 1. The Hall–Kier alpha value is -1.48. The molecule has 0 bridgehead atoms. The molecule has 9 heteroatoms. The van der Waals surface area contributed by atoms with Gasteiger partial charge in [0.1, 0.15) is 6.04 Å². The van der Waals surface area contributed by atoms with E-state index in [4.69, 9.17) is 9.26 Å². The van der Waals surface area contributed by atoms with Crippen LogP contribution in [0.3, 0.4) is 0 Å². The molecule has 0 amide bonds. The molecule has 0 aliphatic carbocycles. The van der Waals surface area contributed by atoms with E-state index in [9.17, 15) is 8.42 Å². The van der Waals surface area contributed by atoms with Crippen LogP contribution in [-0.4, -0.2) is 44.1 Å². The maximum Gasteiger partial charge on any atom is 0.246 e. The summed E-state index contributed by atoms with van der Waals surface area (Å²) in [6.45, 7) is 3.34. The molecule has 2 aromatic rings. The molecule has 1 aromatic heterocycles. The zero-order valence-corrected chi connectivity index (χ0v) is 14.4. The van der Waals surface area contributed by atoms with Crippen molar-refractivity contribution in [2.75, 3.05) is 19.4 Å². The standard InChI is InChI=1S/C14H17N3O4S.ClH/c1-9-12(15-7-8-20-9)14-16-13(17-21-14)10-3-5-11(6-4-10)22(2,18)19;/h3-6,9,12,15H,7-8H2,1-2H3;1H/t9-,12+;/m1./s1. The number of aromatic nitrogens is 2. The molecule has 2 heterocycles. The number of hydrogen-bond donors (Lipinski definition) is 1. The minimum atomic E-state index is -3.21. The van der Waals surface area contributed by atoms with Crippen LogP contribution in [-0.2, 0) is 14.6 Å². The second-order valence-corrected chi connectivity index (χ2v) is 7.28. The fourth-order valence-electron chi connectivity index (χ4n) is 2.34. The van der Waals surface area contributed by atoms with Gasteiger partial charge < -0.3 is 14.6 Å². The largest absolute Gasteiger partial charge is 0.375 e. The number of benzene rings is 1. The van der Waals surface area contributed by atoms with Crippen LogP contribution in [0.4, 0.5) is 0 Å². The number of halogens is 1. The van der Waals surface area contributed by atoms with Crippen molar-refractivity contribution in [3.8, 4) is 11.4 Å². The van der Waals surface area contributed by atoms with E-state index >= 15 is 0 Å². The van der Waals surface area contributed by atoms with Crippen molar-refractivity contribution in [3.05, 3.63) is 30.2 Å². The number of nitrogens with one attached hydrogen (secondary N) is 1. The predicted molar refractivity (Wildman–Crippen MR) is 86.2 cm³/mol. The van der Waals surface area contributed by atoms with Gasteiger partial charge in [-0.25, -0.2) is 8.42 Å². The summed E-state index contributed by atoms with van der Waals surface area (Å²) >= 11 is 0. The fraction of sp³-hybridized carbons (Fsp3) is 0.429. The van der Waals surface area contributed by atoms with Gasteiger partial charge in [-0.3, -0.25) is 0 Å². The lowest BCUT2D eigenvalue weighted by Crippen LogP contribution is -2.40. The van der Waals surface area contributed by atoms with Crippen LogP contribution < -0.4 is 5.32 Å². The topological polar surface area (TPSA) is 94.3 Å². The van der Waals surface area contributed by atoms with Gasteiger partial charge in [-0.05, 0) is 31.2 Å². The highest BCUT2D eigenvalue weighted by Crippen LogP contribution is 2.24. The molecule has 1 fully saturated rings. The summed E-state index contributed by atoms with van der Waals surface area (Å²) in [6.07, 6.45) is 1.12. The Labute approximate surface area is 140 Å². The van der Waals surface area contributed by atoms with Gasteiger partial charge in [0, 0.05) is 18.4 Å². The first-order chi connectivity index (χ1) is 10.4. The molecule has 1 aliphatic heterocycles. The van der Waals surface area contributed by atoms with E-state index < -0.39 is 9.84 Å². The van der Waals surface area contributed by atoms with Gasteiger partial charge in [-0.1, -0.05) is 5.16 Å². The molecule has 1 aromatic carbocycles. The van der Waals surface area contributed by atoms with E-state index in [1.807, 2.05) is 6.92 Å². The molecule has 0 unspecified atom stereocenters. The Morgan fingerprint density at radius 2 is 1.96 bits per heavy atom. The van der Waals surface area contributed by atoms with Crippen LogP contribution in [0.25, 0.3) is 11.4 Å². The van der Waals surface area contributed by atoms with Gasteiger partial charge in [0.25, 0.3) is 0 Å². The Morgan fingerprint density at radius 3 is 2.57 bits per heavy atom. The van der Waals surface area contributed by atoms with Crippen molar-refractivity contribution in [3.63, 3.8) is 0 Å². The average molecular weight is 360 g/mol. The van der Waals surface area contributed by atoms with E-state index in [1.54, 1.807) is 12.1 Å². The third kappa shape index (κ3) is 3.89. The maximum atomic E-state index is 11.5. The van der Waals surface area contributed by atoms with E-state index in [1.165, 1.54) is 18.4 Å². The average Bonchev–Trinajstić information content (AvgIpc) is 2.96. The van der Waals surface area contributed by atoms with Crippen LogP contribution in [0.15, 0.2) is 33.7 Å². The first-order valence-corrected chi connectivity index (χ1v) is 8.83. The molecule has 0 saturated carbocycles. The highest BCUT2D eigenvalue weighted by molar-refractivity contribution is 7.90. The Kier molecular flexibility index (Phi) is 5.41. The molecule has 126 valence electrons. The molecule has 1 aliphatic rings. The zero-order valence-electron chi connectivity index (χ0n) is 12.7. The molecule has 23 heavy (non-hydrogen) atoms. The SMILES string of the molecule is C[C@H]1OCCN[C@@H]1c1nc(-c2ccc(S(C)(=O)=O)cc2)no1.Cl. The lowest BCUT2D eigenvalue weighted by Gasteiger charge is -2.27. The van der Waals surface area contributed by atoms with Crippen molar-refractivity contribution < 1.29 is 17.7 Å². The van der Waals surface area contributed by atoms with Crippen molar-refractivity contribution in [2.24, 2.45) is 0 Å². The second-order valence-electron chi connectivity index (χ2n) is 5.26. The molecular weight excluding hydrogens is 342 g/mol. The summed E-state index contributed by atoms with van der Waals surface area (Å²) in [5, 5.41) is 7.24. The highest BCUT2D eigenvalue weighted by atomic mass is 35.5. The fourth-order valence-corrected chi connectivity index (χ4v) is 2.97. The van der Waals surface area contributed by atoms with Crippen LogP contribution in [0.5, 0.6) is 0 Å². The Balaban J connectivity index is 0.00000192. The van der Waals surface area contributed by atoms with Crippen molar-refractivity contribution in [1.29, 1.82) is 0 Å². The van der Waals surface area contributed by atoms with Crippen LogP contribution in [0.2, 0.25) is 0 Å². The minimum Gasteiger partial charge on any atom is -0.375 e. The van der Waals surface area contributed by atoms with Crippen LogP contribution >= 0.6 is 12.4 Å². The Bertz CT molecular complexity index is 761. The number of morpholine rings is 1. The van der Waals surface area contributed by atoms with Gasteiger partial charge in [-0.15, -0.1) is 12.4 Å². The molecule has 7 nitrogen and oxygen atoms in total. The number of rotatable bonds is 3. The van der Waals surface area contributed by atoms with E-state index in [0.29, 0.717) is 23.9 Å². The second kappa shape index (κ2) is 6.96. The van der Waals surface area contributed by atoms with E-state index in [2.05, 4.69) is 15.5 Å². The quantitative estimate of drug-likeness (QED) is 0.889. The molecule has 3 rings (SSSR count). The van der Waals surface area contributed by atoms with Crippen molar-refractivity contribution in [2.45, 2.75) is 24.0 Å². The number of nitrogens with zero attached hydrogens (tertiary/aromatic N) is 2. The van der Waals surface area contributed by atoms with Gasteiger partial charge in [0.15, 0.2) is 9.84 Å². The number of sulfone groups is 1. The smallest absolute Gasteiger partial charge is 0.246 e. The molecule has 0 spiro atoms. The first-order valence-electron chi connectivity index (χ1n) is 6.94. The normalized spacial score (nSPS) is 21.7. The maximum absolute atomic E-state index is 11.5. The van der Waals surface area contributed by atoms with Gasteiger partial charge in [-0.2, -0.15) is 4.98 Å². The van der Waals surface area contributed by atoms with E-state index in [-0.39, 0.29) is 29.4 Å². The summed E-state index contributed by atoms with van der Waals surface area (Å²) < 4.78 is 33.8. The molecule has 0 radical (unpaired) electrons. The third-order valence-electron chi connectivity index (χ3n) is 3.56. The molecule has 2 atom stereocenters. The van der Waals surface area contributed by atoms with Crippen molar-refractivity contribution in [1.82, 2.24) is 15.5 Å². The van der Waals surface area contributed by atoms with E-state index in [0.717, 1.165) is 6.54 Å². The first kappa shape index (κ1) is 17.9. The van der Waals surface area contributed by atoms with Gasteiger partial charge in [0.2, 0.25) is 11.7 Å². The lowest BCUT2D eigenvalue weighted by molar-refractivity contribution is -0.00136. The molecular formula is C14H18ClN3O4S. The molecule has 1 N–H and O–H groups in total. The highest BCUT2D eigenvalue weighted by Gasteiger charge is 2.28.